The summed E-state index contributed by atoms with van der Waals surface area (Å²) in [4.78, 5) is 16.4. The molecule has 1 aromatic carbocycles. The summed E-state index contributed by atoms with van der Waals surface area (Å²) < 4.78 is 24.1. The van der Waals surface area contributed by atoms with Crippen LogP contribution in [0.1, 0.15) is 32.1 Å². The summed E-state index contributed by atoms with van der Waals surface area (Å²) in [5.74, 6) is -0.409. The molecular formula is C15H15FN2O3. The summed E-state index contributed by atoms with van der Waals surface area (Å²) >= 11 is 0. The van der Waals surface area contributed by atoms with E-state index in [1.165, 1.54) is 6.07 Å². The van der Waals surface area contributed by atoms with Gasteiger partial charge >= 0.3 is 5.97 Å². The third kappa shape index (κ3) is 2.20. The molecule has 6 heteroatoms. The van der Waals surface area contributed by atoms with E-state index in [0.717, 1.165) is 6.42 Å². The number of carbonyl (C=O) groups excluding carboxylic acids is 1. The summed E-state index contributed by atoms with van der Waals surface area (Å²) in [5, 5.41) is 3.80. The van der Waals surface area contributed by atoms with E-state index in [4.69, 9.17) is 9.26 Å². The Hall–Kier alpha value is -2.24. The zero-order valence-electron chi connectivity index (χ0n) is 11.6. The molecule has 21 heavy (non-hydrogen) atoms. The van der Waals surface area contributed by atoms with Crippen LogP contribution in [0.4, 0.5) is 4.39 Å². The van der Waals surface area contributed by atoms with Crippen molar-refractivity contribution in [1.29, 1.82) is 0 Å². The van der Waals surface area contributed by atoms with Crippen molar-refractivity contribution < 1.29 is 18.4 Å². The van der Waals surface area contributed by atoms with Gasteiger partial charge in [0.25, 0.3) is 0 Å². The van der Waals surface area contributed by atoms with Crippen LogP contribution in [0, 0.1) is 5.82 Å². The van der Waals surface area contributed by atoms with Gasteiger partial charge in [0, 0.05) is 0 Å². The topological polar surface area (TPSA) is 65.2 Å². The van der Waals surface area contributed by atoms with Crippen LogP contribution in [-0.2, 0) is 14.9 Å². The van der Waals surface area contributed by atoms with E-state index in [9.17, 15) is 9.18 Å². The molecule has 1 saturated carbocycles. The Morgan fingerprint density at radius 2 is 2.19 bits per heavy atom. The summed E-state index contributed by atoms with van der Waals surface area (Å²) in [6.45, 7) is 2.05. The highest BCUT2D eigenvalue weighted by Gasteiger charge is 2.52. The van der Waals surface area contributed by atoms with Crippen LogP contribution in [0.15, 0.2) is 28.8 Å². The molecule has 1 aromatic heterocycles. The molecular weight excluding hydrogens is 275 g/mol. The van der Waals surface area contributed by atoms with Crippen molar-refractivity contribution in [2.75, 3.05) is 6.61 Å². The Labute approximate surface area is 121 Å². The number of nitrogens with zero attached hydrogens (tertiary/aromatic N) is 2. The van der Waals surface area contributed by atoms with Crippen molar-refractivity contribution in [2.24, 2.45) is 0 Å². The largest absolute Gasteiger partial charge is 0.465 e. The van der Waals surface area contributed by atoms with Gasteiger partial charge < -0.3 is 9.26 Å². The molecule has 1 fully saturated rings. The van der Waals surface area contributed by atoms with E-state index in [-0.39, 0.29) is 23.2 Å². The first-order valence-corrected chi connectivity index (χ1v) is 6.93. The average molecular weight is 290 g/mol. The van der Waals surface area contributed by atoms with Gasteiger partial charge in [-0.05, 0) is 31.9 Å². The summed E-state index contributed by atoms with van der Waals surface area (Å²) in [6.07, 6.45) is 2.13. The minimum absolute atomic E-state index is 0.152. The van der Waals surface area contributed by atoms with Crippen molar-refractivity contribution in [3.05, 3.63) is 36.0 Å². The Morgan fingerprint density at radius 1 is 1.43 bits per heavy atom. The Morgan fingerprint density at radius 3 is 2.81 bits per heavy atom. The van der Waals surface area contributed by atoms with Crippen molar-refractivity contribution in [3.8, 4) is 11.4 Å². The highest BCUT2D eigenvalue weighted by molar-refractivity contribution is 5.83. The lowest BCUT2D eigenvalue weighted by Crippen LogP contribution is -2.44. The van der Waals surface area contributed by atoms with Gasteiger partial charge in [0.15, 0.2) is 0 Å². The molecule has 1 aliphatic carbocycles. The van der Waals surface area contributed by atoms with E-state index in [1.807, 2.05) is 0 Å². The maximum atomic E-state index is 13.7. The number of ether oxygens (including phenoxy) is 1. The zero-order valence-corrected chi connectivity index (χ0v) is 11.6. The molecule has 0 amide bonds. The average Bonchev–Trinajstić information content (AvgIpc) is 2.88. The molecule has 1 aliphatic rings. The number of hydrogen-bond donors (Lipinski definition) is 0. The fourth-order valence-corrected chi connectivity index (χ4v) is 2.47. The molecule has 110 valence electrons. The van der Waals surface area contributed by atoms with Crippen LogP contribution < -0.4 is 0 Å². The molecule has 0 spiro atoms. The lowest BCUT2D eigenvalue weighted by molar-refractivity contribution is -0.155. The molecule has 5 nitrogen and oxygen atoms in total. The van der Waals surface area contributed by atoms with Gasteiger partial charge in [-0.1, -0.05) is 23.7 Å². The fourth-order valence-electron chi connectivity index (χ4n) is 2.47. The van der Waals surface area contributed by atoms with Gasteiger partial charge in [-0.25, -0.2) is 4.39 Å². The predicted molar refractivity (Wildman–Crippen MR) is 71.9 cm³/mol. The van der Waals surface area contributed by atoms with Gasteiger partial charge in [0.05, 0.1) is 12.2 Å². The number of halogens is 1. The minimum atomic E-state index is -0.855. The third-order valence-corrected chi connectivity index (χ3v) is 3.82. The van der Waals surface area contributed by atoms with Gasteiger partial charge in [-0.3, -0.25) is 4.79 Å². The van der Waals surface area contributed by atoms with Crippen molar-refractivity contribution in [3.63, 3.8) is 0 Å². The first-order valence-electron chi connectivity index (χ1n) is 6.93. The van der Waals surface area contributed by atoms with Gasteiger partial charge in [-0.15, -0.1) is 0 Å². The SMILES string of the molecule is CCOC(=O)C1(c2nc(-c3ccccc3F)no2)CCC1. The van der Waals surface area contributed by atoms with E-state index in [1.54, 1.807) is 25.1 Å². The maximum Gasteiger partial charge on any atom is 0.321 e. The first kappa shape index (κ1) is 13.7. The number of hydrogen-bond acceptors (Lipinski definition) is 5. The standard InChI is InChI=1S/C15H15FN2O3/c1-2-20-14(19)15(8-5-9-15)13-17-12(18-21-13)10-6-3-4-7-11(10)16/h3-4,6-7H,2,5,8-9H2,1H3. The molecule has 0 bridgehead atoms. The number of rotatable bonds is 4. The zero-order chi connectivity index (χ0) is 14.9. The van der Waals surface area contributed by atoms with E-state index >= 15 is 0 Å². The van der Waals surface area contributed by atoms with E-state index < -0.39 is 11.2 Å². The number of benzene rings is 1. The molecule has 1 heterocycles. The summed E-state index contributed by atoms with van der Waals surface area (Å²) in [6, 6.07) is 6.18. The lowest BCUT2D eigenvalue weighted by Gasteiger charge is -2.35. The first-order chi connectivity index (χ1) is 10.2. The Kier molecular flexibility index (Phi) is 3.45. The smallest absolute Gasteiger partial charge is 0.321 e. The molecule has 0 saturated heterocycles. The second-order valence-electron chi connectivity index (χ2n) is 5.06. The van der Waals surface area contributed by atoms with Crippen LogP contribution in [0.5, 0.6) is 0 Å². The monoisotopic (exact) mass is 290 g/mol. The van der Waals surface area contributed by atoms with Crippen LogP contribution >= 0.6 is 0 Å². The second-order valence-corrected chi connectivity index (χ2v) is 5.06. The molecule has 0 aliphatic heterocycles. The maximum absolute atomic E-state index is 13.7. The van der Waals surface area contributed by atoms with Crippen LogP contribution in [0.3, 0.4) is 0 Å². The van der Waals surface area contributed by atoms with Crippen LogP contribution in [0.25, 0.3) is 11.4 Å². The lowest BCUT2D eigenvalue weighted by atomic mass is 9.68. The molecule has 0 N–H and O–H groups in total. The van der Waals surface area contributed by atoms with E-state index in [0.29, 0.717) is 19.4 Å². The van der Waals surface area contributed by atoms with Gasteiger partial charge in [0.2, 0.25) is 11.7 Å². The normalized spacial score (nSPS) is 16.3. The fraction of sp³-hybridized carbons (Fsp3) is 0.400. The quantitative estimate of drug-likeness (QED) is 0.810. The van der Waals surface area contributed by atoms with Gasteiger partial charge in [-0.2, -0.15) is 4.98 Å². The van der Waals surface area contributed by atoms with Crippen LogP contribution in [0.2, 0.25) is 0 Å². The highest BCUT2D eigenvalue weighted by Crippen LogP contribution is 2.44. The van der Waals surface area contributed by atoms with E-state index in [2.05, 4.69) is 10.1 Å². The Balaban J connectivity index is 1.94. The molecule has 2 aromatic rings. The number of esters is 1. The summed E-state index contributed by atoms with van der Waals surface area (Å²) in [5.41, 5.74) is -0.599. The minimum Gasteiger partial charge on any atom is -0.465 e. The second kappa shape index (κ2) is 5.27. The van der Waals surface area contributed by atoms with Crippen molar-refractivity contribution in [1.82, 2.24) is 10.1 Å². The number of aromatic nitrogens is 2. The number of carbonyl (C=O) groups is 1. The summed E-state index contributed by atoms with van der Waals surface area (Å²) in [7, 11) is 0. The highest BCUT2D eigenvalue weighted by atomic mass is 19.1. The van der Waals surface area contributed by atoms with Crippen molar-refractivity contribution in [2.45, 2.75) is 31.6 Å². The molecule has 0 atom stereocenters. The molecule has 0 unspecified atom stereocenters. The molecule has 3 rings (SSSR count). The predicted octanol–water partition coefficient (Wildman–Crippen LogP) is 2.86. The Bertz CT molecular complexity index is 664. The molecule has 0 radical (unpaired) electrons. The van der Waals surface area contributed by atoms with Crippen LogP contribution in [-0.4, -0.2) is 22.7 Å². The van der Waals surface area contributed by atoms with Crippen molar-refractivity contribution >= 4 is 5.97 Å². The van der Waals surface area contributed by atoms with Gasteiger partial charge in [0.1, 0.15) is 11.2 Å². The third-order valence-electron chi connectivity index (χ3n) is 3.82.